The first-order valence-electron chi connectivity index (χ1n) is 14.3. The summed E-state index contributed by atoms with van der Waals surface area (Å²) in [6, 6.07) is 0. The van der Waals surface area contributed by atoms with E-state index < -0.39 is 12.1 Å². The summed E-state index contributed by atoms with van der Waals surface area (Å²) >= 11 is 0. The van der Waals surface area contributed by atoms with E-state index in [4.69, 9.17) is 15.3 Å². The number of unbranched alkanes of at least 4 members (excludes halogenated alkanes) is 23. The smallest absolute Gasteiger partial charge is 0.302 e. The minimum atomic E-state index is -2.95. The molecule has 0 rings (SSSR count). The van der Waals surface area contributed by atoms with Crippen molar-refractivity contribution in [3.05, 3.63) is 0 Å². The molecule has 1 atom stereocenters. The molecule has 0 spiro atoms. The van der Waals surface area contributed by atoms with Crippen molar-refractivity contribution in [2.24, 2.45) is 0 Å². The Kier molecular flexibility index (Phi) is 23.9. The Hall–Kier alpha value is -0.160. The second-order valence-electron chi connectivity index (χ2n) is 10.1. The molecule has 0 heterocycles. The minimum Gasteiger partial charge on any atom is -0.385 e. The molecule has 0 aromatic heterocycles. The van der Waals surface area contributed by atoms with Crippen LogP contribution in [0.15, 0.2) is 0 Å². The Morgan fingerprint density at radius 3 is 0.844 bits per heavy atom. The van der Waals surface area contributed by atoms with Gasteiger partial charge in [-0.3, -0.25) is 0 Å². The van der Waals surface area contributed by atoms with Crippen LogP contribution in [0.3, 0.4) is 0 Å². The van der Waals surface area contributed by atoms with E-state index in [1.165, 1.54) is 135 Å². The van der Waals surface area contributed by atoms with Crippen molar-refractivity contribution < 1.29 is 20.4 Å². The molecule has 0 aliphatic carbocycles. The molecule has 0 radical (unpaired) electrons. The van der Waals surface area contributed by atoms with Crippen LogP contribution in [0.25, 0.3) is 0 Å². The summed E-state index contributed by atoms with van der Waals surface area (Å²) in [6.45, 7) is 2.29. The normalized spacial score (nSPS) is 13.0. The first-order valence-corrected chi connectivity index (χ1v) is 14.3. The fourth-order valence-electron chi connectivity index (χ4n) is 4.49. The molecule has 0 fully saturated rings. The van der Waals surface area contributed by atoms with Gasteiger partial charge in [0, 0.05) is 0 Å². The summed E-state index contributed by atoms with van der Waals surface area (Å²) in [5.74, 6) is -2.95. The van der Waals surface area contributed by atoms with Gasteiger partial charge in [0.1, 0.15) is 6.10 Å². The second kappa shape index (κ2) is 24.0. The standard InChI is InChI=1S/C28H58O4/c1-2-3-4-5-6-7-8-9-10-11-12-13-14-15-16-17-18-19-20-21-22-23-24-25-26-27(29)28(30,31)32/h27,29-32H,2-26H2,1H3. The summed E-state index contributed by atoms with van der Waals surface area (Å²) < 4.78 is 0. The number of hydrogen-bond donors (Lipinski definition) is 4. The Morgan fingerprint density at radius 1 is 0.406 bits per heavy atom. The molecule has 4 N–H and O–H groups in total. The molecule has 0 amide bonds. The van der Waals surface area contributed by atoms with Crippen LogP contribution in [-0.2, 0) is 0 Å². The third kappa shape index (κ3) is 24.5. The molecule has 32 heavy (non-hydrogen) atoms. The van der Waals surface area contributed by atoms with Gasteiger partial charge in [-0.15, -0.1) is 0 Å². The molecule has 1 unspecified atom stereocenters. The highest BCUT2D eigenvalue weighted by atomic mass is 16.7. The average molecular weight is 459 g/mol. The lowest BCUT2D eigenvalue weighted by molar-refractivity contribution is -0.355. The molecule has 0 aromatic carbocycles. The van der Waals surface area contributed by atoms with E-state index >= 15 is 0 Å². The lowest BCUT2D eigenvalue weighted by Crippen LogP contribution is -2.41. The highest BCUT2D eigenvalue weighted by Gasteiger charge is 2.29. The maximum absolute atomic E-state index is 9.31. The zero-order chi connectivity index (χ0) is 23.8. The molecule has 0 bridgehead atoms. The number of aliphatic hydroxyl groups is 4. The van der Waals surface area contributed by atoms with Crippen molar-refractivity contribution in [3.8, 4) is 0 Å². The highest BCUT2D eigenvalue weighted by molar-refractivity contribution is 4.63. The Bertz CT molecular complexity index is 354. The quantitative estimate of drug-likeness (QED) is 0.0789. The van der Waals surface area contributed by atoms with Gasteiger partial charge in [0.25, 0.3) is 0 Å². The van der Waals surface area contributed by atoms with Crippen LogP contribution in [0.5, 0.6) is 0 Å². The fraction of sp³-hybridized carbons (Fsp3) is 1.00. The van der Waals surface area contributed by atoms with Crippen LogP contribution in [0.1, 0.15) is 167 Å². The van der Waals surface area contributed by atoms with E-state index in [0.717, 1.165) is 12.8 Å². The zero-order valence-corrected chi connectivity index (χ0v) is 21.5. The topological polar surface area (TPSA) is 80.9 Å². The van der Waals surface area contributed by atoms with Gasteiger partial charge in [-0.25, -0.2) is 0 Å². The van der Waals surface area contributed by atoms with Crippen molar-refractivity contribution in [1.82, 2.24) is 0 Å². The fourth-order valence-corrected chi connectivity index (χ4v) is 4.49. The van der Waals surface area contributed by atoms with Crippen LogP contribution in [-0.4, -0.2) is 32.5 Å². The largest absolute Gasteiger partial charge is 0.385 e. The molecule has 0 aliphatic rings. The van der Waals surface area contributed by atoms with Gasteiger partial charge >= 0.3 is 5.97 Å². The SMILES string of the molecule is CCCCCCCCCCCCCCCCCCCCCCCCCCC(O)C(O)(O)O. The second-order valence-corrected chi connectivity index (χ2v) is 10.1. The van der Waals surface area contributed by atoms with E-state index in [1.807, 2.05) is 0 Å². The summed E-state index contributed by atoms with van der Waals surface area (Å²) in [5.41, 5.74) is 0. The van der Waals surface area contributed by atoms with Gasteiger partial charge in [0.2, 0.25) is 0 Å². The molecule has 0 saturated carbocycles. The van der Waals surface area contributed by atoms with Gasteiger partial charge in [0.05, 0.1) is 0 Å². The molecular weight excluding hydrogens is 400 g/mol. The molecule has 194 valence electrons. The minimum absolute atomic E-state index is 0.225. The third-order valence-corrected chi connectivity index (χ3v) is 6.78. The lowest BCUT2D eigenvalue weighted by atomic mass is 10.0. The summed E-state index contributed by atoms with van der Waals surface area (Å²) in [4.78, 5) is 0. The molecule has 0 aliphatic heterocycles. The van der Waals surface area contributed by atoms with E-state index in [1.54, 1.807) is 0 Å². The van der Waals surface area contributed by atoms with E-state index in [-0.39, 0.29) is 6.42 Å². The maximum Gasteiger partial charge on any atom is 0.302 e. The zero-order valence-electron chi connectivity index (χ0n) is 21.5. The van der Waals surface area contributed by atoms with E-state index in [2.05, 4.69) is 6.92 Å². The van der Waals surface area contributed by atoms with Crippen molar-refractivity contribution in [3.63, 3.8) is 0 Å². The van der Waals surface area contributed by atoms with Crippen molar-refractivity contribution in [2.75, 3.05) is 0 Å². The Balaban J connectivity index is 3.08. The predicted octanol–water partition coefficient (Wildman–Crippen LogP) is 7.75. The number of rotatable bonds is 26. The molecular formula is C28H58O4. The van der Waals surface area contributed by atoms with Crippen molar-refractivity contribution in [1.29, 1.82) is 0 Å². The van der Waals surface area contributed by atoms with Crippen LogP contribution in [0.2, 0.25) is 0 Å². The van der Waals surface area contributed by atoms with Crippen LogP contribution < -0.4 is 0 Å². The summed E-state index contributed by atoms with van der Waals surface area (Å²) in [6.07, 6.45) is 30.9. The maximum atomic E-state index is 9.31. The van der Waals surface area contributed by atoms with Crippen molar-refractivity contribution >= 4 is 0 Å². The molecule has 0 aromatic rings. The predicted molar refractivity (Wildman–Crippen MR) is 136 cm³/mol. The first-order chi connectivity index (χ1) is 15.5. The van der Waals surface area contributed by atoms with E-state index in [0.29, 0.717) is 6.42 Å². The van der Waals surface area contributed by atoms with Gasteiger partial charge in [-0.1, -0.05) is 161 Å². The van der Waals surface area contributed by atoms with E-state index in [9.17, 15) is 5.11 Å². The van der Waals surface area contributed by atoms with Gasteiger partial charge < -0.3 is 20.4 Å². The Labute approximate surface area is 200 Å². The molecule has 4 nitrogen and oxygen atoms in total. The summed E-state index contributed by atoms with van der Waals surface area (Å²) in [5, 5.41) is 35.8. The van der Waals surface area contributed by atoms with Gasteiger partial charge in [0.15, 0.2) is 0 Å². The van der Waals surface area contributed by atoms with Gasteiger partial charge in [-0.2, -0.15) is 0 Å². The van der Waals surface area contributed by atoms with Crippen LogP contribution >= 0.6 is 0 Å². The lowest BCUT2D eigenvalue weighted by Gasteiger charge is -2.20. The molecule has 0 saturated heterocycles. The van der Waals surface area contributed by atoms with Crippen LogP contribution in [0, 0.1) is 0 Å². The average Bonchev–Trinajstić information content (AvgIpc) is 2.76. The van der Waals surface area contributed by atoms with Gasteiger partial charge in [-0.05, 0) is 6.42 Å². The Morgan fingerprint density at radius 2 is 0.625 bits per heavy atom. The summed E-state index contributed by atoms with van der Waals surface area (Å²) in [7, 11) is 0. The monoisotopic (exact) mass is 458 g/mol. The van der Waals surface area contributed by atoms with Crippen molar-refractivity contribution in [2.45, 2.75) is 180 Å². The van der Waals surface area contributed by atoms with Crippen LogP contribution in [0.4, 0.5) is 0 Å². The number of aliphatic hydroxyl groups excluding tert-OH is 1. The third-order valence-electron chi connectivity index (χ3n) is 6.78. The highest BCUT2D eigenvalue weighted by Crippen LogP contribution is 2.16. The first kappa shape index (κ1) is 31.8. The number of hydrogen-bond acceptors (Lipinski definition) is 4. The molecule has 4 heteroatoms.